The van der Waals surface area contributed by atoms with Gasteiger partial charge in [-0.25, -0.2) is 9.69 Å². The normalized spacial score (nSPS) is 15.8. The van der Waals surface area contributed by atoms with E-state index in [2.05, 4.69) is 5.32 Å². The quantitative estimate of drug-likeness (QED) is 0.545. The lowest BCUT2D eigenvalue weighted by Gasteiger charge is -2.26. The fourth-order valence-corrected chi connectivity index (χ4v) is 3.18. The first-order valence-electron chi connectivity index (χ1n) is 8.44. The molecule has 138 valence electrons. The molecule has 4 amide bonds. The van der Waals surface area contributed by atoms with Crippen LogP contribution in [-0.2, 0) is 9.59 Å². The summed E-state index contributed by atoms with van der Waals surface area (Å²) in [5, 5.41) is 2.58. The fourth-order valence-electron chi connectivity index (χ4n) is 2.99. The maximum atomic E-state index is 13.0. The average molecular weight is 392 g/mol. The zero-order chi connectivity index (χ0) is 19.7. The SMILES string of the molecule is O=C1NC(=O)N(c2cccc(Cl)c2)C(=O)C1=Cc1cccn1-c1ccccc1. The number of carbonyl (C=O) groups is 3. The van der Waals surface area contributed by atoms with Crippen molar-refractivity contribution in [2.45, 2.75) is 0 Å². The van der Waals surface area contributed by atoms with E-state index in [0.29, 0.717) is 10.7 Å². The molecule has 1 N–H and O–H groups in total. The van der Waals surface area contributed by atoms with Crippen LogP contribution in [0.1, 0.15) is 5.69 Å². The summed E-state index contributed by atoms with van der Waals surface area (Å²) >= 11 is 5.97. The van der Waals surface area contributed by atoms with Crippen LogP contribution in [0, 0.1) is 0 Å². The summed E-state index contributed by atoms with van der Waals surface area (Å²) in [6.45, 7) is 0. The van der Waals surface area contributed by atoms with Crippen LogP contribution in [-0.4, -0.2) is 22.4 Å². The molecular formula is C21H14ClN3O3. The Bertz CT molecular complexity index is 1120. The third kappa shape index (κ3) is 3.21. The zero-order valence-electron chi connectivity index (χ0n) is 14.5. The number of aromatic nitrogens is 1. The first kappa shape index (κ1) is 17.8. The van der Waals surface area contributed by atoms with Gasteiger partial charge in [-0.3, -0.25) is 14.9 Å². The summed E-state index contributed by atoms with van der Waals surface area (Å²) in [6.07, 6.45) is 3.29. The number of imide groups is 2. The van der Waals surface area contributed by atoms with Crippen LogP contribution in [0.25, 0.3) is 11.8 Å². The van der Waals surface area contributed by atoms with Gasteiger partial charge in [0.05, 0.1) is 5.69 Å². The summed E-state index contributed by atoms with van der Waals surface area (Å²) in [5.41, 5.74) is 1.65. The Kier molecular flexibility index (Phi) is 4.55. The van der Waals surface area contributed by atoms with E-state index < -0.39 is 17.8 Å². The lowest BCUT2D eigenvalue weighted by Crippen LogP contribution is -2.54. The number of nitrogens with one attached hydrogen (secondary N) is 1. The number of barbiturate groups is 1. The molecule has 0 saturated carbocycles. The third-order valence-electron chi connectivity index (χ3n) is 4.27. The predicted molar refractivity (Wildman–Crippen MR) is 106 cm³/mol. The Morgan fingerprint density at radius 1 is 0.857 bits per heavy atom. The van der Waals surface area contributed by atoms with Gasteiger partial charge in [0.1, 0.15) is 5.57 Å². The molecule has 0 radical (unpaired) electrons. The second-order valence-corrected chi connectivity index (χ2v) is 6.51. The summed E-state index contributed by atoms with van der Waals surface area (Å²) < 4.78 is 1.84. The molecule has 1 aromatic heterocycles. The number of para-hydroxylation sites is 1. The van der Waals surface area contributed by atoms with Crippen molar-refractivity contribution in [1.29, 1.82) is 0 Å². The van der Waals surface area contributed by atoms with Crippen LogP contribution < -0.4 is 10.2 Å². The standard InChI is InChI=1S/C21H14ClN3O3/c22-14-6-4-9-17(12-14)25-20(27)18(19(26)23-21(25)28)13-16-10-5-11-24(16)15-7-2-1-3-8-15/h1-13H,(H,23,26,28). The van der Waals surface area contributed by atoms with Crippen LogP contribution in [0.3, 0.4) is 0 Å². The first-order valence-corrected chi connectivity index (χ1v) is 8.82. The molecule has 3 aromatic rings. The highest BCUT2D eigenvalue weighted by Gasteiger charge is 2.37. The molecule has 1 fully saturated rings. The van der Waals surface area contributed by atoms with Gasteiger partial charge >= 0.3 is 6.03 Å². The Hall–Kier alpha value is -3.64. The highest BCUT2D eigenvalue weighted by molar-refractivity contribution is 6.39. The number of hydrogen-bond acceptors (Lipinski definition) is 3. The van der Waals surface area contributed by atoms with Crippen molar-refractivity contribution in [1.82, 2.24) is 9.88 Å². The van der Waals surface area contributed by atoms with E-state index in [1.807, 2.05) is 47.2 Å². The van der Waals surface area contributed by atoms with Crippen molar-refractivity contribution in [2.24, 2.45) is 0 Å². The van der Waals surface area contributed by atoms with Crippen molar-refractivity contribution in [2.75, 3.05) is 4.90 Å². The monoisotopic (exact) mass is 391 g/mol. The third-order valence-corrected chi connectivity index (χ3v) is 4.51. The maximum Gasteiger partial charge on any atom is 0.335 e. The van der Waals surface area contributed by atoms with E-state index in [-0.39, 0.29) is 11.3 Å². The van der Waals surface area contributed by atoms with Gasteiger partial charge in [0.25, 0.3) is 11.8 Å². The molecule has 2 aromatic carbocycles. The molecule has 0 unspecified atom stereocenters. The molecule has 0 aliphatic carbocycles. The molecule has 1 aliphatic heterocycles. The van der Waals surface area contributed by atoms with Crippen molar-refractivity contribution < 1.29 is 14.4 Å². The summed E-state index contributed by atoms with van der Waals surface area (Å²) in [6, 6.07) is 18.6. The number of benzene rings is 2. The number of halogens is 1. The number of hydrogen-bond donors (Lipinski definition) is 1. The first-order chi connectivity index (χ1) is 13.5. The number of amides is 4. The Labute approximate surface area is 165 Å². The molecule has 7 heteroatoms. The van der Waals surface area contributed by atoms with Gasteiger partial charge in [0.15, 0.2) is 0 Å². The smallest absolute Gasteiger partial charge is 0.317 e. The van der Waals surface area contributed by atoms with E-state index in [4.69, 9.17) is 11.6 Å². The topological polar surface area (TPSA) is 71.4 Å². The molecule has 0 spiro atoms. The molecule has 0 atom stereocenters. The highest BCUT2D eigenvalue weighted by atomic mass is 35.5. The Morgan fingerprint density at radius 3 is 2.36 bits per heavy atom. The molecule has 0 bridgehead atoms. The molecule has 1 saturated heterocycles. The van der Waals surface area contributed by atoms with E-state index in [1.54, 1.807) is 24.3 Å². The van der Waals surface area contributed by atoms with Gasteiger partial charge in [0.2, 0.25) is 0 Å². The second kappa shape index (κ2) is 7.17. The van der Waals surface area contributed by atoms with E-state index in [9.17, 15) is 14.4 Å². The fraction of sp³-hybridized carbons (Fsp3) is 0. The second-order valence-electron chi connectivity index (χ2n) is 6.08. The van der Waals surface area contributed by atoms with E-state index in [1.165, 1.54) is 12.1 Å². The minimum absolute atomic E-state index is 0.143. The van der Waals surface area contributed by atoms with Crippen LogP contribution in [0.2, 0.25) is 5.02 Å². The predicted octanol–water partition coefficient (Wildman–Crippen LogP) is 3.80. The summed E-state index contributed by atoms with van der Waals surface area (Å²) in [5.74, 6) is -1.45. The van der Waals surface area contributed by atoms with Gasteiger partial charge in [-0.15, -0.1) is 0 Å². The molecule has 1 aliphatic rings. The zero-order valence-corrected chi connectivity index (χ0v) is 15.3. The average Bonchev–Trinajstić information content (AvgIpc) is 3.14. The minimum Gasteiger partial charge on any atom is -0.317 e. The largest absolute Gasteiger partial charge is 0.335 e. The highest BCUT2D eigenvalue weighted by Crippen LogP contribution is 2.25. The molecule has 4 rings (SSSR count). The van der Waals surface area contributed by atoms with Crippen molar-refractivity contribution >= 4 is 41.2 Å². The summed E-state index contributed by atoms with van der Waals surface area (Å²) in [7, 11) is 0. The van der Waals surface area contributed by atoms with Crippen molar-refractivity contribution in [3.63, 3.8) is 0 Å². The maximum absolute atomic E-state index is 13.0. The number of urea groups is 1. The molecular weight excluding hydrogens is 378 g/mol. The number of carbonyl (C=O) groups excluding carboxylic acids is 3. The van der Waals surface area contributed by atoms with Crippen molar-refractivity contribution in [3.05, 3.63) is 89.2 Å². The Morgan fingerprint density at radius 2 is 1.61 bits per heavy atom. The lowest BCUT2D eigenvalue weighted by molar-refractivity contribution is -0.122. The van der Waals surface area contributed by atoms with Gasteiger partial charge in [-0.2, -0.15) is 0 Å². The van der Waals surface area contributed by atoms with E-state index in [0.717, 1.165) is 10.6 Å². The van der Waals surface area contributed by atoms with Crippen LogP contribution in [0.5, 0.6) is 0 Å². The lowest BCUT2D eigenvalue weighted by atomic mass is 10.1. The molecule has 2 heterocycles. The van der Waals surface area contributed by atoms with Gasteiger partial charge in [-0.1, -0.05) is 35.9 Å². The van der Waals surface area contributed by atoms with E-state index >= 15 is 0 Å². The van der Waals surface area contributed by atoms with Gasteiger partial charge in [-0.05, 0) is 48.5 Å². The van der Waals surface area contributed by atoms with Crippen LogP contribution >= 0.6 is 11.6 Å². The molecule has 6 nitrogen and oxygen atoms in total. The van der Waals surface area contributed by atoms with Gasteiger partial charge < -0.3 is 4.57 Å². The van der Waals surface area contributed by atoms with Crippen molar-refractivity contribution in [3.8, 4) is 5.69 Å². The minimum atomic E-state index is -0.812. The Balaban J connectivity index is 1.76. The number of anilines is 1. The molecule has 28 heavy (non-hydrogen) atoms. The van der Waals surface area contributed by atoms with Crippen LogP contribution in [0.15, 0.2) is 78.5 Å². The number of nitrogens with zero attached hydrogens (tertiary/aromatic N) is 2. The number of rotatable bonds is 3. The van der Waals surface area contributed by atoms with Gasteiger partial charge in [0, 0.05) is 22.6 Å². The summed E-state index contributed by atoms with van der Waals surface area (Å²) in [4.78, 5) is 38.5. The van der Waals surface area contributed by atoms with Crippen LogP contribution in [0.4, 0.5) is 10.5 Å².